The van der Waals surface area contributed by atoms with Crippen molar-refractivity contribution >= 4 is 22.8 Å². The average Bonchev–Trinajstić information content (AvgIpc) is 2.87. The lowest BCUT2D eigenvalue weighted by Gasteiger charge is -2.16. The lowest BCUT2D eigenvalue weighted by molar-refractivity contribution is -0.139. The van der Waals surface area contributed by atoms with Crippen molar-refractivity contribution in [3.8, 4) is 17.2 Å². The van der Waals surface area contributed by atoms with Gasteiger partial charge in [-0.25, -0.2) is 14.2 Å². The van der Waals surface area contributed by atoms with Crippen LogP contribution in [0.5, 0.6) is 11.5 Å². The fraction of sp³-hybridized carbons (Fsp3) is 0.214. The number of carboxylic acid groups (broad SMARTS) is 1. The molecule has 4 aromatic rings. The second-order valence-corrected chi connectivity index (χ2v) is 9.48. The van der Waals surface area contributed by atoms with Crippen molar-refractivity contribution in [3.63, 3.8) is 0 Å². The summed E-state index contributed by atoms with van der Waals surface area (Å²) in [5, 5.41) is 32.1. The molecule has 0 spiro atoms. The van der Waals surface area contributed by atoms with Crippen molar-refractivity contribution in [2.45, 2.75) is 19.0 Å². The highest BCUT2D eigenvalue weighted by Gasteiger charge is 2.24. The zero-order valence-electron chi connectivity index (χ0n) is 21.6. The van der Waals surface area contributed by atoms with E-state index in [1.807, 2.05) is 25.1 Å². The first-order valence-electron chi connectivity index (χ1n) is 12.0. The molecule has 1 aromatic heterocycles. The first kappa shape index (κ1) is 27.1. The lowest BCUT2D eigenvalue weighted by atomic mass is 10.0. The fourth-order valence-corrected chi connectivity index (χ4v) is 4.41. The molecule has 0 aliphatic rings. The molecule has 202 valence electrons. The standard InChI is InChI=1S/C28H28N4O7/c1-30(2)15-17-9-12-21-19(13-17)26(36)32(28(39)31(21)3)18-10-7-16(8-11-18)14-20(27(37)38)29-25(35)24-22(33)5-4-6-23(24)34/h4-13,20,33-34H,14-15H2,1-3H3,(H,29,35)(H,37,38)/t20-/m0/s1. The third-order valence-corrected chi connectivity index (χ3v) is 6.32. The van der Waals surface area contributed by atoms with Crippen LogP contribution in [0, 0.1) is 0 Å². The van der Waals surface area contributed by atoms with Crippen LogP contribution in [0.3, 0.4) is 0 Å². The van der Waals surface area contributed by atoms with Crippen molar-refractivity contribution in [2.75, 3.05) is 14.1 Å². The Kier molecular flexibility index (Phi) is 7.54. The van der Waals surface area contributed by atoms with Gasteiger partial charge in [-0.15, -0.1) is 0 Å². The van der Waals surface area contributed by atoms with Gasteiger partial charge in [0.1, 0.15) is 23.1 Å². The number of aromatic nitrogens is 2. The molecule has 0 fully saturated rings. The molecule has 0 unspecified atom stereocenters. The summed E-state index contributed by atoms with van der Waals surface area (Å²) in [5.74, 6) is -3.25. The summed E-state index contributed by atoms with van der Waals surface area (Å²) < 4.78 is 2.46. The van der Waals surface area contributed by atoms with Gasteiger partial charge in [-0.3, -0.25) is 14.2 Å². The van der Waals surface area contributed by atoms with Crippen LogP contribution in [-0.4, -0.2) is 61.4 Å². The number of carboxylic acids is 1. The highest BCUT2D eigenvalue weighted by Crippen LogP contribution is 2.26. The molecule has 11 heteroatoms. The smallest absolute Gasteiger partial charge is 0.335 e. The molecule has 0 bridgehead atoms. The van der Waals surface area contributed by atoms with Gasteiger partial charge >= 0.3 is 11.7 Å². The van der Waals surface area contributed by atoms with Crippen molar-refractivity contribution in [3.05, 3.63) is 98.2 Å². The van der Waals surface area contributed by atoms with Crippen LogP contribution < -0.4 is 16.6 Å². The molecule has 0 aliphatic heterocycles. The van der Waals surface area contributed by atoms with E-state index in [2.05, 4.69) is 5.32 Å². The Morgan fingerprint density at radius 3 is 2.15 bits per heavy atom. The number of phenolic OH excluding ortho intramolecular Hbond substituents is 2. The van der Waals surface area contributed by atoms with Gasteiger partial charge < -0.3 is 25.5 Å². The van der Waals surface area contributed by atoms with Crippen molar-refractivity contribution < 1.29 is 24.9 Å². The number of hydrogen-bond donors (Lipinski definition) is 4. The second-order valence-electron chi connectivity index (χ2n) is 9.48. The minimum absolute atomic E-state index is 0.131. The van der Waals surface area contributed by atoms with E-state index < -0.39 is 46.2 Å². The molecule has 1 amide bonds. The minimum atomic E-state index is -1.38. The first-order valence-corrected chi connectivity index (χ1v) is 12.0. The van der Waals surface area contributed by atoms with Crippen molar-refractivity contribution in [1.29, 1.82) is 0 Å². The number of fused-ring (bicyclic) bond motifs is 1. The average molecular weight is 533 g/mol. The number of nitrogens with one attached hydrogen (secondary N) is 1. The molecule has 0 aliphatic carbocycles. The molecule has 11 nitrogen and oxygen atoms in total. The van der Waals surface area contributed by atoms with E-state index >= 15 is 0 Å². The molecule has 0 saturated heterocycles. The Morgan fingerprint density at radius 2 is 1.56 bits per heavy atom. The molecule has 1 atom stereocenters. The van der Waals surface area contributed by atoms with Crippen LogP contribution >= 0.6 is 0 Å². The number of aryl methyl sites for hydroxylation is 1. The number of aromatic hydroxyl groups is 2. The Bertz CT molecular complexity index is 1670. The number of rotatable bonds is 8. The Morgan fingerprint density at radius 1 is 0.949 bits per heavy atom. The number of nitrogens with zero attached hydrogens (tertiary/aromatic N) is 3. The molecule has 0 saturated carbocycles. The van der Waals surface area contributed by atoms with Gasteiger partial charge in [-0.05, 0) is 61.6 Å². The summed E-state index contributed by atoms with van der Waals surface area (Å²) in [6.45, 7) is 0.623. The van der Waals surface area contributed by atoms with Crippen LogP contribution in [0.15, 0.2) is 70.3 Å². The Labute approximate surface area is 222 Å². The van der Waals surface area contributed by atoms with Gasteiger partial charge in [0, 0.05) is 20.0 Å². The third-order valence-electron chi connectivity index (χ3n) is 6.32. The van der Waals surface area contributed by atoms with E-state index in [1.54, 1.807) is 31.3 Å². The molecule has 3 aromatic carbocycles. The SMILES string of the molecule is CN(C)Cc1ccc2c(c1)c(=O)n(-c1ccc(C[C@H](NC(=O)c3c(O)cccc3O)C(=O)O)cc1)c(=O)n2C. The number of phenols is 2. The predicted molar refractivity (Wildman–Crippen MR) is 145 cm³/mol. The van der Waals surface area contributed by atoms with Gasteiger partial charge in [0.25, 0.3) is 11.5 Å². The maximum atomic E-state index is 13.4. The van der Waals surface area contributed by atoms with Gasteiger partial charge in [0.15, 0.2) is 0 Å². The third kappa shape index (κ3) is 5.53. The van der Waals surface area contributed by atoms with Crippen LogP contribution in [0.4, 0.5) is 0 Å². The number of aliphatic carboxylic acids is 1. The van der Waals surface area contributed by atoms with Gasteiger partial charge in [0.05, 0.1) is 16.6 Å². The monoisotopic (exact) mass is 532 g/mol. The van der Waals surface area contributed by atoms with Crippen LogP contribution in [0.2, 0.25) is 0 Å². The molecule has 4 N–H and O–H groups in total. The summed E-state index contributed by atoms with van der Waals surface area (Å²) in [5.41, 5.74) is 0.809. The number of carbonyl (C=O) groups excluding carboxylic acids is 1. The zero-order valence-corrected chi connectivity index (χ0v) is 21.6. The minimum Gasteiger partial charge on any atom is -0.507 e. The van der Waals surface area contributed by atoms with Crippen LogP contribution in [0.1, 0.15) is 21.5 Å². The summed E-state index contributed by atoms with van der Waals surface area (Å²) >= 11 is 0. The largest absolute Gasteiger partial charge is 0.507 e. The topological polar surface area (TPSA) is 154 Å². The van der Waals surface area contributed by atoms with Gasteiger partial charge in [-0.1, -0.05) is 24.3 Å². The van der Waals surface area contributed by atoms with E-state index in [0.29, 0.717) is 28.7 Å². The summed E-state index contributed by atoms with van der Waals surface area (Å²) in [7, 11) is 5.42. The lowest BCUT2D eigenvalue weighted by Crippen LogP contribution is -2.42. The van der Waals surface area contributed by atoms with E-state index in [-0.39, 0.29) is 6.42 Å². The molecule has 0 radical (unpaired) electrons. The first-order chi connectivity index (χ1) is 18.5. The van der Waals surface area contributed by atoms with Gasteiger partial charge in [-0.2, -0.15) is 0 Å². The van der Waals surface area contributed by atoms with E-state index in [1.165, 1.54) is 34.9 Å². The van der Waals surface area contributed by atoms with Crippen molar-refractivity contribution in [2.24, 2.45) is 7.05 Å². The number of amides is 1. The van der Waals surface area contributed by atoms with E-state index in [9.17, 15) is 34.5 Å². The molecule has 39 heavy (non-hydrogen) atoms. The Balaban J connectivity index is 1.63. The number of benzene rings is 3. The molecular formula is C28H28N4O7. The van der Waals surface area contributed by atoms with E-state index in [0.717, 1.165) is 10.1 Å². The zero-order chi connectivity index (χ0) is 28.4. The van der Waals surface area contributed by atoms with Crippen LogP contribution in [-0.2, 0) is 24.8 Å². The fourth-order valence-electron chi connectivity index (χ4n) is 4.41. The van der Waals surface area contributed by atoms with Gasteiger partial charge in [0.2, 0.25) is 0 Å². The summed E-state index contributed by atoms with van der Waals surface area (Å²) in [6, 6.07) is 13.9. The Hall–Kier alpha value is -4.90. The maximum Gasteiger partial charge on any atom is 0.335 e. The molecule has 1 heterocycles. The summed E-state index contributed by atoms with van der Waals surface area (Å²) in [6.07, 6.45) is -0.131. The molecular weight excluding hydrogens is 504 g/mol. The number of carbonyl (C=O) groups is 2. The van der Waals surface area contributed by atoms with Crippen molar-refractivity contribution in [1.82, 2.24) is 19.4 Å². The highest BCUT2D eigenvalue weighted by atomic mass is 16.4. The summed E-state index contributed by atoms with van der Waals surface area (Å²) in [4.78, 5) is 52.8. The molecule has 4 rings (SSSR count). The maximum absolute atomic E-state index is 13.4. The highest BCUT2D eigenvalue weighted by molar-refractivity contribution is 6.01. The normalized spacial score (nSPS) is 12.0. The second kappa shape index (κ2) is 10.8. The predicted octanol–water partition coefficient (Wildman–Crippen LogP) is 1.59. The quantitative estimate of drug-likeness (QED) is 0.267. The van der Waals surface area contributed by atoms with E-state index in [4.69, 9.17) is 0 Å². The number of hydrogen-bond acceptors (Lipinski definition) is 7. The van der Waals surface area contributed by atoms with Crippen LogP contribution in [0.25, 0.3) is 16.6 Å².